The zero-order valence-electron chi connectivity index (χ0n) is 10.6. The van der Waals surface area contributed by atoms with Crippen LogP contribution in [0.5, 0.6) is 0 Å². The molecule has 0 spiro atoms. The standard InChI is InChI=1S/C12H19N3O2S/c1-18(16,17)11-10-14-6-8-15(9-7-14)12-2-4-13-5-3-12/h2-5H,6-11H2,1H3. The molecule has 6 heteroatoms. The van der Waals surface area contributed by atoms with Crippen molar-refractivity contribution in [3.63, 3.8) is 0 Å². The molecule has 0 aliphatic carbocycles. The van der Waals surface area contributed by atoms with Crippen LogP contribution in [0.15, 0.2) is 24.5 Å². The number of rotatable bonds is 4. The van der Waals surface area contributed by atoms with E-state index in [2.05, 4.69) is 14.8 Å². The molecule has 0 unspecified atom stereocenters. The Hall–Kier alpha value is -1.14. The van der Waals surface area contributed by atoms with Gasteiger partial charge in [0.2, 0.25) is 0 Å². The molecule has 0 aromatic carbocycles. The maximum atomic E-state index is 11.1. The molecule has 2 rings (SSSR count). The van der Waals surface area contributed by atoms with E-state index in [0.29, 0.717) is 6.54 Å². The maximum Gasteiger partial charge on any atom is 0.148 e. The molecular weight excluding hydrogens is 250 g/mol. The number of hydrogen-bond donors (Lipinski definition) is 0. The van der Waals surface area contributed by atoms with E-state index in [1.165, 1.54) is 11.9 Å². The van der Waals surface area contributed by atoms with Crippen molar-refractivity contribution in [2.75, 3.05) is 49.6 Å². The van der Waals surface area contributed by atoms with E-state index in [1.807, 2.05) is 12.1 Å². The molecule has 1 saturated heterocycles. The number of sulfone groups is 1. The van der Waals surface area contributed by atoms with Crippen LogP contribution in [0.1, 0.15) is 0 Å². The quantitative estimate of drug-likeness (QED) is 0.784. The lowest BCUT2D eigenvalue weighted by Gasteiger charge is -2.35. The van der Waals surface area contributed by atoms with Crippen molar-refractivity contribution in [2.45, 2.75) is 0 Å². The fourth-order valence-corrected chi connectivity index (χ4v) is 2.67. The van der Waals surface area contributed by atoms with Gasteiger partial charge in [-0.3, -0.25) is 9.88 Å². The Bertz CT molecular complexity index is 467. The Morgan fingerprint density at radius 1 is 1.17 bits per heavy atom. The second-order valence-corrected chi connectivity index (χ2v) is 6.92. The van der Waals surface area contributed by atoms with E-state index >= 15 is 0 Å². The molecule has 0 N–H and O–H groups in total. The highest BCUT2D eigenvalue weighted by molar-refractivity contribution is 7.90. The summed E-state index contributed by atoms with van der Waals surface area (Å²) in [4.78, 5) is 8.52. The van der Waals surface area contributed by atoms with Gasteiger partial charge in [-0.1, -0.05) is 0 Å². The fraction of sp³-hybridized carbons (Fsp3) is 0.583. The number of anilines is 1. The summed E-state index contributed by atoms with van der Waals surface area (Å²) in [5.74, 6) is 0.252. The van der Waals surface area contributed by atoms with Crippen molar-refractivity contribution in [1.29, 1.82) is 0 Å². The van der Waals surface area contributed by atoms with E-state index in [-0.39, 0.29) is 5.75 Å². The van der Waals surface area contributed by atoms with E-state index < -0.39 is 9.84 Å². The van der Waals surface area contributed by atoms with Crippen LogP contribution in [0.4, 0.5) is 5.69 Å². The van der Waals surface area contributed by atoms with Crippen LogP contribution in [0.3, 0.4) is 0 Å². The minimum Gasteiger partial charge on any atom is -0.369 e. The molecule has 1 aromatic heterocycles. The lowest BCUT2D eigenvalue weighted by atomic mass is 10.2. The third kappa shape index (κ3) is 3.96. The van der Waals surface area contributed by atoms with Gasteiger partial charge in [0.05, 0.1) is 5.75 Å². The van der Waals surface area contributed by atoms with Gasteiger partial charge in [0.1, 0.15) is 9.84 Å². The summed E-state index contributed by atoms with van der Waals surface area (Å²) >= 11 is 0. The van der Waals surface area contributed by atoms with Crippen molar-refractivity contribution in [3.05, 3.63) is 24.5 Å². The first kappa shape index (κ1) is 13.3. The van der Waals surface area contributed by atoms with Gasteiger partial charge in [-0.05, 0) is 12.1 Å². The van der Waals surface area contributed by atoms with Gasteiger partial charge in [0.15, 0.2) is 0 Å². The molecule has 100 valence electrons. The second kappa shape index (κ2) is 5.67. The molecular formula is C12H19N3O2S. The zero-order valence-corrected chi connectivity index (χ0v) is 11.4. The van der Waals surface area contributed by atoms with Crippen LogP contribution < -0.4 is 4.90 Å². The maximum absolute atomic E-state index is 11.1. The van der Waals surface area contributed by atoms with Gasteiger partial charge in [-0.25, -0.2) is 8.42 Å². The van der Waals surface area contributed by atoms with Crippen molar-refractivity contribution in [3.8, 4) is 0 Å². The highest BCUT2D eigenvalue weighted by Crippen LogP contribution is 2.14. The summed E-state index contributed by atoms with van der Waals surface area (Å²) in [5.41, 5.74) is 1.19. The van der Waals surface area contributed by atoms with Crippen LogP contribution in [-0.2, 0) is 9.84 Å². The van der Waals surface area contributed by atoms with Gasteiger partial charge >= 0.3 is 0 Å². The van der Waals surface area contributed by atoms with E-state index in [4.69, 9.17) is 0 Å². The Morgan fingerprint density at radius 3 is 2.33 bits per heavy atom. The van der Waals surface area contributed by atoms with E-state index in [0.717, 1.165) is 26.2 Å². The molecule has 2 heterocycles. The normalized spacial score (nSPS) is 17.9. The minimum absolute atomic E-state index is 0.252. The van der Waals surface area contributed by atoms with E-state index in [9.17, 15) is 8.42 Å². The Balaban J connectivity index is 1.82. The third-order valence-corrected chi connectivity index (χ3v) is 4.10. The molecule has 1 aliphatic heterocycles. The van der Waals surface area contributed by atoms with Crippen LogP contribution in [-0.4, -0.2) is 63.0 Å². The molecule has 1 aliphatic rings. The molecule has 1 aromatic rings. The fourth-order valence-electron chi connectivity index (χ4n) is 2.08. The Labute approximate surface area is 108 Å². The molecule has 18 heavy (non-hydrogen) atoms. The van der Waals surface area contributed by atoms with E-state index in [1.54, 1.807) is 12.4 Å². The largest absolute Gasteiger partial charge is 0.369 e. The van der Waals surface area contributed by atoms with Gasteiger partial charge in [0.25, 0.3) is 0 Å². The van der Waals surface area contributed by atoms with Gasteiger partial charge < -0.3 is 4.90 Å². The van der Waals surface area contributed by atoms with Crippen LogP contribution >= 0.6 is 0 Å². The predicted molar refractivity (Wildman–Crippen MR) is 72.6 cm³/mol. The zero-order chi connectivity index (χ0) is 13.0. The van der Waals surface area contributed by atoms with Gasteiger partial charge in [0, 0.05) is 57.1 Å². The Kier molecular flexibility index (Phi) is 4.19. The number of pyridine rings is 1. The number of piperazine rings is 1. The Morgan fingerprint density at radius 2 is 1.78 bits per heavy atom. The van der Waals surface area contributed by atoms with Gasteiger partial charge in [-0.2, -0.15) is 0 Å². The SMILES string of the molecule is CS(=O)(=O)CCN1CCN(c2ccncc2)CC1. The van der Waals surface area contributed by atoms with Crippen LogP contribution in [0.25, 0.3) is 0 Å². The molecule has 5 nitrogen and oxygen atoms in total. The molecule has 0 amide bonds. The minimum atomic E-state index is -2.85. The average molecular weight is 269 g/mol. The lowest BCUT2D eigenvalue weighted by molar-refractivity contribution is 0.272. The summed E-state index contributed by atoms with van der Waals surface area (Å²) < 4.78 is 22.2. The molecule has 0 saturated carbocycles. The molecule has 0 bridgehead atoms. The highest BCUT2D eigenvalue weighted by atomic mass is 32.2. The summed E-state index contributed by atoms with van der Waals surface area (Å²) in [6.45, 7) is 4.35. The number of nitrogens with zero attached hydrogens (tertiary/aromatic N) is 3. The summed E-state index contributed by atoms with van der Waals surface area (Å²) in [7, 11) is -2.85. The second-order valence-electron chi connectivity index (χ2n) is 4.66. The number of hydrogen-bond acceptors (Lipinski definition) is 5. The van der Waals surface area contributed by atoms with Crippen molar-refractivity contribution >= 4 is 15.5 Å². The van der Waals surface area contributed by atoms with Gasteiger partial charge in [-0.15, -0.1) is 0 Å². The van der Waals surface area contributed by atoms with Crippen LogP contribution in [0.2, 0.25) is 0 Å². The third-order valence-electron chi connectivity index (χ3n) is 3.18. The predicted octanol–water partition coefficient (Wildman–Crippen LogP) is 0.248. The first-order valence-corrected chi connectivity index (χ1v) is 8.16. The summed E-state index contributed by atoms with van der Waals surface area (Å²) in [6.07, 6.45) is 4.89. The average Bonchev–Trinajstić information content (AvgIpc) is 2.37. The molecule has 1 fully saturated rings. The van der Waals surface area contributed by atoms with Crippen molar-refractivity contribution in [1.82, 2.24) is 9.88 Å². The summed E-state index contributed by atoms with van der Waals surface area (Å²) in [6, 6.07) is 4.01. The first-order chi connectivity index (χ1) is 8.54. The van der Waals surface area contributed by atoms with Crippen molar-refractivity contribution < 1.29 is 8.42 Å². The first-order valence-electron chi connectivity index (χ1n) is 6.10. The molecule has 0 atom stereocenters. The monoisotopic (exact) mass is 269 g/mol. The number of aromatic nitrogens is 1. The topological polar surface area (TPSA) is 53.5 Å². The summed E-state index contributed by atoms with van der Waals surface area (Å²) in [5, 5.41) is 0. The lowest BCUT2D eigenvalue weighted by Crippen LogP contribution is -2.47. The van der Waals surface area contributed by atoms with Crippen molar-refractivity contribution in [2.24, 2.45) is 0 Å². The molecule has 0 radical (unpaired) electrons. The highest BCUT2D eigenvalue weighted by Gasteiger charge is 2.17. The van der Waals surface area contributed by atoms with Crippen LogP contribution in [0, 0.1) is 0 Å². The smallest absolute Gasteiger partial charge is 0.148 e.